The van der Waals surface area contributed by atoms with Gasteiger partial charge in [-0.2, -0.15) is 0 Å². The maximum atomic E-state index is 5.92. The quantitative estimate of drug-likeness (QED) is 0.917. The summed E-state index contributed by atoms with van der Waals surface area (Å²) in [7, 11) is 5.79. The van der Waals surface area contributed by atoms with Crippen molar-refractivity contribution in [3.05, 3.63) is 28.2 Å². The largest absolute Gasteiger partial charge is 0.497 e. The van der Waals surface area contributed by atoms with E-state index in [0.29, 0.717) is 0 Å². The number of benzene rings is 1. The van der Waals surface area contributed by atoms with E-state index < -0.39 is 0 Å². The number of methoxy groups -OCH3 is 1. The Kier molecular flexibility index (Phi) is 5.21. The molecular weight excluding hydrogens is 308 g/mol. The van der Waals surface area contributed by atoms with Crippen LogP contribution in [0.4, 0.5) is 0 Å². The van der Waals surface area contributed by atoms with Crippen LogP contribution in [0, 0.1) is 0 Å². The van der Waals surface area contributed by atoms with Crippen LogP contribution in [0.25, 0.3) is 0 Å². The maximum Gasteiger partial charge on any atom is 0.119 e. The molecule has 1 fully saturated rings. The molecule has 2 unspecified atom stereocenters. The minimum Gasteiger partial charge on any atom is -0.497 e. The van der Waals surface area contributed by atoms with E-state index in [-0.39, 0.29) is 12.1 Å². The number of hydrogen-bond acceptors (Lipinski definition) is 4. The van der Waals surface area contributed by atoms with Gasteiger partial charge < -0.3 is 14.8 Å². The highest BCUT2D eigenvalue weighted by Gasteiger charge is 2.32. The molecular formula is C14H21BrN2O2. The summed E-state index contributed by atoms with van der Waals surface area (Å²) in [6.45, 7) is 2.55. The lowest BCUT2D eigenvalue weighted by atomic mass is 9.98. The zero-order valence-corrected chi connectivity index (χ0v) is 13.2. The summed E-state index contributed by atoms with van der Waals surface area (Å²) >= 11 is 3.64. The molecule has 1 saturated heterocycles. The number of morpholine rings is 1. The number of ether oxygens (including phenoxy) is 2. The summed E-state index contributed by atoms with van der Waals surface area (Å²) in [5, 5.41) is 3.21. The van der Waals surface area contributed by atoms with Crippen LogP contribution in [0.15, 0.2) is 22.7 Å². The predicted molar refractivity (Wildman–Crippen MR) is 79.7 cm³/mol. The monoisotopic (exact) mass is 328 g/mol. The Labute approximate surface area is 123 Å². The Hall–Kier alpha value is -0.620. The zero-order chi connectivity index (χ0) is 13.8. The molecule has 2 rings (SSSR count). The summed E-state index contributed by atoms with van der Waals surface area (Å²) in [5.41, 5.74) is 1.21. The molecule has 4 nitrogen and oxygen atoms in total. The lowest BCUT2D eigenvalue weighted by Gasteiger charge is -2.39. The normalized spacial score (nSPS) is 24.4. The highest BCUT2D eigenvalue weighted by atomic mass is 79.9. The molecule has 0 radical (unpaired) electrons. The molecule has 5 heteroatoms. The van der Waals surface area contributed by atoms with Gasteiger partial charge in [0, 0.05) is 17.6 Å². The van der Waals surface area contributed by atoms with E-state index >= 15 is 0 Å². The summed E-state index contributed by atoms with van der Waals surface area (Å²) in [5.74, 6) is 0.875. The minimum atomic E-state index is 0.146. The second kappa shape index (κ2) is 6.70. The summed E-state index contributed by atoms with van der Waals surface area (Å²) in [6, 6.07) is 6.31. The smallest absolute Gasteiger partial charge is 0.119 e. The molecule has 1 N–H and O–H groups in total. The molecule has 1 heterocycles. The third kappa shape index (κ3) is 3.28. The molecule has 1 aliphatic rings. The van der Waals surface area contributed by atoms with Gasteiger partial charge in [-0.25, -0.2) is 0 Å². The van der Waals surface area contributed by atoms with Crippen LogP contribution in [0.3, 0.4) is 0 Å². The van der Waals surface area contributed by atoms with Crippen LogP contribution < -0.4 is 10.1 Å². The summed E-state index contributed by atoms with van der Waals surface area (Å²) in [4.78, 5) is 2.34. The van der Waals surface area contributed by atoms with E-state index in [9.17, 15) is 0 Å². The third-order valence-corrected chi connectivity index (χ3v) is 4.25. The lowest BCUT2D eigenvalue weighted by molar-refractivity contribution is -0.0609. The maximum absolute atomic E-state index is 5.92. The van der Waals surface area contributed by atoms with E-state index in [2.05, 4.69) is 39.3 Å². The first-order chi connectivity index (χ1) is 9.17. The number of likely N-dealkylation sites (N-methyl/N-ethyl adjacent to an activating group) is 2. The van der Waals surface area contributed by atoms with Crippen molar-refractivity contribution in [3.63, 3.8) is 0 Å². The standard InChI is InChI=1S/C14H21BrN2O2/c1-16-9-13-14(17(2)6-7-19-13)11-8-10(18-3)4-5-12(11)15/h4-5,8,13-14,16H,6-7,9H2,1-3H3. The minimum absolute atomic E-state index is 0.146. The molecule has 19 heavy (non-hydrogen) atoms. The summed E-state index contributed by atoms with van der Waals surface area (Å²) in [6.07, 6.45) is 0.146. The molecule has 1 aromatic carbocycles. The highest BCUT2D eigenvalue weighted by Crippen LogP contribution is 2.35. The first kappa shape index (κ1) is 14.8. The van der Waals surface area contributed by atoms with Crippen LogP contribution in [-0.4, -0.2) is 51.9 Å². The van der Waals surface area contributed by atoms with Gasteiger partial charge in [-0.1, -0.05) is 15.9 Å². The fourth-order valence-electron chi connectivity index (χ4n) is 2.55. The van der Waals surface area contributed by atoms with Crippen molar-refractivity contribution in [2.24, 2.45) is 0 Å². The number of hydrogen-bond donors (Lipinski definition) is 1. The van der Waals surface area contributed by atoms with Crippen LogP contribution in [0.1, 0.15) is 11.6 Å². The SMILES string of the molecule is CNCC1OCCN(C)C1c1cc(OC)ccc1Br. The van der Waals surface area contributed by atoms with Gasteiger partial charge in [0.05, 0.1) is 25.9 Å². The molecule has 0 spiro atoms. The number of nitrogens with zero attached hydrogens (tertiary/aromatic N) is 1. The first-order valence-electron chi connectivity index (χ1n) is 6.47. The van der Waals surface area contributed by atoms with Crippen LogP contribution in [0.5, 0.6) is 5.75 Å². The van der Waals surface area contributed by atoms with Gasteiger partial charge in [-0.05, 0) is 37.9 Å². The van der Waals surface area contributed by atoms with E-state index in [1.165, 1.54) is 5.56 Å². The Morgan fingerprint density at radius 3 is 3.00 bits per heavy atom. The van der Waals surface area contributed by atoms with Gasteiger partial charge in [-0.3, -0.25) is 4.90 Å². The molecule has 0 saturated carbocycles. The van der Waals surface area contributed by atoms with Gasteiger partial charge in [0.15, 0.2) is 0 Å². The van der Waals surface area contributed by atoms with E-state index in [1.54, 1.807) is 7.11 Å². The molecule has 0 amide bonds. The highest BCUT2D eigenvalue weighted by molar-refractivity contribution is 9.10. The Balaban J connectivity index is 2.34. The average molecular weight is 329 g/mol. The Bertz CT molecular complexity index is 426. The zero-order valence-electron chi connectivity index (χ0n) is 11.6. The third-order valence-electron chi connectivity index (χ3n) is 3.53. The molecule has 0 bridgehead atoms. The van der Waals surface area contributed by atoms with Gasteiger partial charge in [0.1, 0.15) is 5.75 Å². The van der Waals surface area contributed by atoms with Crippen molar-refractivity contribution >= 4 is 15.9 Å². The molecule has 0 aliphatic carbocycles. The molecule has 106 valence electrons. The van der Waals surface area contributed by atoms with Crippen LogP contribution >= 0.6 is 15.9 Å². The van der Waals surface area contributed by atoms with Crippen molar-refractivity contribution in [2.75, 3.05) is 40.9 Å². The summed E-state index contributed by atoms with van der Waals surface area (Å²) < 4.78 is 12.3. The van der Waals surface area contributed by atoms with Gasteiger partial charge >= 0.3 is 0 Å². The molecule has 1 aliphatic heterocycles. The fourth-order valence-corrected chi connectivity index (χ4v) is 3.03. The predicted octanol–water partition coefficient (Wildman–Crippen LogP) is 2.05. The number of rotatable bonds is 4. The first-order valence-corrected chi connectivity index (χ1v) is 7.26. The van der Waals surface area contributed by atoms with E-state index in [4.69, 9.17) is 9.47 Å². The molecule has 0 aromatic heterocycles. The average Bonchev–Trinajstić information content (AvgIpc) is 2.41. The molecule has 2 atom stereocenters. The lowest BCUT2D eigenvalue weighted by Crippen LogP contribution is -2.47. The molecule has 1 aromatic rings. The van der Waals surface area contributed by atoms with E-state index in [0.717, 1.165) is 29.9 Å². The van der Waals surface area contributed by atoms with Crippen molar-refractivity contribution in [3.8, 4) is 5.75 Å². The Morgan fingerprint density at radius 1 is 1.53 bits per heavy atom. The van der Waals surface area contributed by atoms with Crippen molar-refractivity contribution in [1.82, 2.24) is 10.2 Å². The van der Waals surface area contributed by atoms with Crippen LogP contribution in [0.2, 0.25) is 0 Å². The Morgan fingerprint density at radius 2 is 2.32 bits per heavy atom. The van der Waals surface area contributed by atoms with Crippen molar-refractivity contribution < 1.29 is 9.47 Å². The second-order valence-electron chi connectivity index (χ2n) is 4.78. The van der Waals surface area contributed by atoms with Crippen molar-refractivity contribution in [2.45, 2.75) is 12.1 Å². The van der Waals surface area contributed by atoms with Gasteiger partial charge in [-0.15, -0.1) is 0 Å². The second-order valence-corrected chi connectivity index (χ2v) is 5.63. The number of nitrogens with one attached hydrogen (secondary N) is 1. The fraction of sp³-hybridized carbons (Fsp3) is 0.571. The van der Waals surface area contributed by atoms with Gasteiger partial charge in [0.2, 0.25) is 0 Å². The van der Waals surface area contributed by atoms with E-state index in [1.807, 2.05) is 19.2 Å². The number of halogens is 1. The van der Waals surface area contributed by atoms with Gasteiger partial charge in [0.25, 0.3) is 0 Å². The topological polar surface area (TPSA) is 33.7 Å². The van der Waals surface area contributed by atoms with Crippen LogP contribution in [-0.2, 0) is 4.74 Å². The van der Waals surface area contributed by atoms with Crippen molar-refractivity contribution in [1.29, 1.82) is 0 Å².